The molecule has 0 bridgehead atoms. The number of alkyl halides is 2. The molecule has 3 N–H and O–H groups in total. The number of hydrogen-bond donors (Lipinski definition) is 2. The lowest BCUT2D eigenvalue weighted by Crippen LogP contribution is -2.10. The van der Waals surface area contributed by atoms with Crippen molar-refractivity contribution in [2.75, 3.05) is 0 Å². The molecule has 0 fully saturated rings. The molecule has 0 saturated carbocycles. The largest absolute Gasteiger partial charge is 0.508 e. The first kappa shape index (κ1) is 13.8. The summed E-state index contributed by atoms with van der Waals surface area (Å²) in [6.07, 6.45) is 0. The summed E-state index contributed by atoms with van der Waals surface area (Å²) in [7, 11) is 0. The number of carbonyl (C=O) groups is 1. The Labute approximate surface area is 113 Å². The smallest absolute Gasteiger partial charge is 0.387 e. The van der Waals surface area contributed by atoms with Crippen LogP contribution in [0, 0.1) is 0 Å². The molecule has 2 rings (SSSR count). The van der Waals surface area contributed by atoms with Crippen LogP contribution in [0.4, 0.5) is 8.78 Å². The normalized spacial score (nSPS) is 10.6. The second-order valence-electron chi connectivity index (χ2n) is 4.00. The van der Waals surface area contributed by atoms with E-state index in [4.69, 9.17) is 5.73 Å². The van der Waals surface area contributed by atoms with Crippen LogP contribution >= 0.6 is 0 Å². The van der Waals surface area contributed by atoms with E-state index in [2.05, 4.69) is 4.74 Å². The van der Waals surface area contributed by atoms with Gasteiger partial charge in [0.1, 0.15) is 11.5 Å². The number of rotatable bonds is 4. The predicted octanol–water partition coefficient (Wildman–Crippen LogP) is 2.76. The molecule has 1 amide bonds. The zero-order valence-electron chi connectivity index (χ0n) is 10.2. The van der Waals surface area contributed by atoms with E-state index in [0.29, 0.717) is 5.56 Å². The van der Waals surface area contributed by atoms with E-state index in [1.54, 1.807) is 12.1 Å². The number of nitrogens with two attached hydrogens (primary N) is 1. The number of primary amides is 1. The van der Waals surface area contributed by atoms with Gasteiger partial charge in [0.05, 0.1) is 0 Å². The number of amides is 1. The van der Waals surface area contributed by atoms with Crippen LogP contribution < -0.4 is 10.5 Å². The van der Waals surface area contributed by atoms with Crippen molar-refractivity contribution in [3.05, 3.63) is 48.0 Å². The fraction of sp³-hybridized carbons (Fsp3) is 0.0714. The van der Waals surface area contributed by atoms with Crippen LogP contribution in [0.25, 0.3) is 11.1 Å². The number of phenolic OH excluding ortho intramolecular Hbond substituents is 1. The Hall–Kier alpha value is -2.63. The van der Waals surface area contributed by atoms with Gasteiger partial charge in [-0.15, -0.1) is 0 Å². The Morgan fingerprint density at radius 1 is 1.20 bits per heavy atom. The molecule has 0 heterocycles. The van der Waals surface area contributed by atoms with Crippen LogP contribution in [0.1, 0.15) is 10.4 Å². The van der Waals surface area contributed by atoms with E-state index >= 15 is 0 Å². The third kappa shape index (κ3) is 3.03. The summed E-state index contributed by atoms with van der Waals surface area (Å²) in [5.74, 6) is -0.839. The molecule has 0 unspecified atom stereocenters. The Balaban J connectivity index is 2.53. The summed E-state index contributed by atoms with van der Waals surface area (Å²) in [6.45, 7) is -2.99. The monoisotopic (exact) mass is 279 g/mol. The maximum Gasteiger partial charge on any atom is 0.387 e. The third-order valence-corrected chi connectivity index (χ3v) is 2.64. The van der Waals surface area contributed by atoms with Crippen molar-refractivity contribution in [2.24, 2.45) is 5.73 Å². The predicted molar refractivity (Wildman–Crippen MR) is 68.7 cm³/mol. The fourth-order valence-electron chi connectivity index (χ4n) is 1.78. The molecule has 104 valence electrons. The SMILES string of the molecule is NC(=O)c1cccc(-c2cc(O)ccc2OC(F)F)c1. The van der Waals surface area contributed by atoms with Gasteiger partial charge in [-0.1, -0.05) is 12.1 Å². The summed E-state index contributed by atoms with van der Waals surface area (Å²) in [5, 5.41) is 9.48. The fourth-order valence-corrected chi connectivity index (χ4v) is 1.78. The summed E-state index contributed by atoms with van der Waals surface area (Å²) >= 11 is 0. The van der Waals surface area contributed by atoms with Crippen LogP contribution in [0.3, 0.4) is 0 Å². The van der Waals surface area contributed by atoms with E-state index in [9.17, 15) is 18.7 Å². The van der Waals surface area contributed by atoms with E-state index in [1.807, 2.05) is 0 Å². The molecule has 0 atom stereocenters. The average molecular weight is 279 g/mol. The molecule has 2 aromatic rings. The quantitative estimate of drug-likeness (QED) is 0.903. The molecule has 4 nitrogen and oxygen atoms in total. The maximum atomic E-state index is 12.4. The molecular formula is C14H11F2NO3. The lowest BCUT2D eigenvalue weighted by Gasteiger charge is -2.11. The van der Waals surface area contributed by atoms with Gasteiger partial charge in [0.2, 0.25) is 5.91 Å². The van der Waals surface area contributed by atoms with Crippen molar-refractivity contribution in [3.8, 4) is 22.6 Å². The summed E-state index contributed by atoms with van der Waals surface area (Å²) in [6, 6.07) is 9.84. The molecule has 0 aliphatic rings. The number of aromatic hydroxyl groups is 1. The maximum absolute atomic E-state index is 12.4. The lowest BCUT2D eigenvalue weighted by atomic mass is 10.0. The van der Waals surface area contributed by atoms with Crippen LogP contribution in [0.2, 0.25) is 0 Å². The third-order valence-electron chi connectivity index (χ3n) is 2.64. The van der Waals surface area contributed by atoms with E-state index < -0.39 is 12.5 Å². The number of phenols is 1. The Kier molecular flexibility index (Phi) is 3.84. The van der Waals surface area contributed by atoms with Crippen molar-refractivity contribution in [1.82, 2.24) is 0 Å². The van der Waals surface area contributed by atoms with Crippen LogP contribution in [0.15, 0.2) is 42.5 Å². The Morgan fingerprint density at radius 3 is 2.60 bits per heavy atom. The zero-order valence-corrected chi connectivity index (χ0v) is 10.2. The van der Waals surface area contributed by atoms with Gasteiger partial charge in [0.25, 0.3) is 0 Å². The first-order valence-electron chi connectivity index (χ1n) is 5.65. The lowest BCUT2D eigenvalue weighted by molar-refractivity contribution is -0.0494. The summed E-state index contributed by atoms with van der Waals surface area (Å²) in [4.78, 5) is 11.1. The highest BCUT2D eigenvalue weighted by atomic mass is 19.3. The molecule has 0 spiro atoms. The minimum atomic E-state index is -2.99. The first-order chi connectivity index (χ1) is 9.47. The van der Waals surface area contributed by atoms with E-state index in [-0.39, 0.29) is 22.6 Å². The molecule has 0 saturated heterocycles. The molecule has 0 aromatic heterocycles. The van der Waals surface area contributed by atoms with Crippen molar-refractivity contribution < 1.29 is 23.4 Å². The van der Waals surface area contributed by atoms with Gasteiger partial charge in [-0.2, -0.15) is 8.78 Å². The highest BCUT2D eigenvalue weighted by molar-refractivity contribution is 5.94. The molecule has 6 heteroatoms. The summed E-state index contributed by atoms with van der Waals surface area (Å²) in [5.41, 5.74) is 6.08. The van der Waals surface area contributed by atoms with Crippen molar-refractivity contribution >= 4 is 5.91 Å². The van der Waals surface area contributed by atoms with Crippen molar-refractivity contribution in [3.63, 3.8) is 0 Å². The molecule has 0 radical (unpaired) electrons. The highest BCUT2D eigenvalue weighted by Crippen LogP contribution is 2.34. The standard InChI is InChI=1S/C14H11F2NO3/c15-14(16)20-12-5-4-10(18)7-11(12)8-2-1-3-9(6-8)13(17)19/h1-7,14,18H,(H2,17,19). The van der Waals surface area contributed by atoms with E-state index in [0.717, 1.165) is 0 Å². The van der Waals surface area contributed by atoms with Crippen LogP contribution in [-0.4, -0.2) is 17.6 Å². The van der Waals surface area contributed by atoms with Gasteiger partial charge in [-0.05, 0) is 35.9 Å². The minimum absolute atomic E-state index is 0.0978. The molecule has 20 heavy (non-hydrogen) atoms. The number of carbonyl (C=O) groups excluding carboxylic acids is 1. The zero-order chi connectivity index (χ0) is 14.7. The molecule has 2 aromatic carbocycles. The Morgan fingerprint density at radius 2 is 1.95 bits per heavy atom. The molecule has 0 aliphatic carbocycles. The van der Waals surface area contributed by atoms with E-state index in [1.165, 1.54) is 30.3 Å². The molecule has 0 aliphatic heterocycles. The van der Waals surface area contributed by atoms with Crippen LogP contribution in [0.5, 0.6) is 11.5 Å². The van der Waals surface area contributed by atoms with Crippen LogP contribution in [-0.2, 0) is 0 Å². The van der Waals surface area contributed by atoms with Gasteiger partial charge in [0.15, 0.2) is 0 Å². The minimum Gasteiger partial charge on any atom is -0.508 e. The van der Waals surface area contributed by atoms with Gasteiger partial charge in [-0.3, -0.25) is 4.79 Å². The highest BCUT2D eigenvalue weighted by Gasteiger charge is 2.13. The topological polar surface area (TPSA) is 72.6 Å². The van der Waals surface area contributed by atoms with Gasteiger partial charge >= 0.3 is 6.61 Å². The number of halogens is 2. The Bertz CT molecular complexity index is 644. The van der Waals surface area contributed by atoms with Crippen molar-refractivity contribution in [2.45, 2.75) is 6.61 Å². The average Bonchev–Trinajstić information content (AvgIpc) is 2.40. The second kappa shape index (κ2) is 5.56. The van der Waals surface area contributed by atoms with Gasteiger partial charge in [-0.25, -0.2) is 0 Å². The number of benzene rings is 2. The first-order valence-corrected chi connectivity index (χ1v) is 5.65. The summed E-state index contributed by atoms with van der Waals surface area (Å²) < 4.78 is 29.1. The number of ether oxygens (including phenoxy) is 1. The molecular weight excluding hydrogens is 268 g/mol. The second-order valence-corrected chi connectivity index (χ2v) is 4.00. The van der Waals surface area contributed by atoms with Gasteiger partial charge < -0.3 is 15.6 Å². The number of hydrogen-bond acceptors (Lipinski definition) is 3. The van der Waals surface area contributed by atoms with Gasteiger partial charge in [0, 0.05) is 11.1 Å². The van der Waals surface area contributed by atoms with Crippen molar-refractivity contribution in [1.29, 1.82) is 0 Å².